The van der Waals surface area contributed by atoms with Crippen LogP contribution in [0.1, 0.15) is 26.3 Å². The third-order valence-corrected chi connectivity index (χ3v) is 3.59. The lowest BCUT2D eigenvalue weighted by atomic mass is 10.0. The van der Waals surface area contributed by atoms with Gasteiger partial charge in [-0.15, -0.1) is 0 Å². The third kappa shape index (κ3) is 2.65. The topological polar surface area (TPSA) is 30.3 Å². The van der Waals surface area contributed by atoms with E-state index in [-0.39, 0.29) is 5.54 Å². The van der Waals surface area contributed by atoms with Crippen molar-refractivity contribution in [3.63, 3.8) is 0 Å². The molecule has 0 aliphatic carbocycles. The maximum absolute atomic E-state index is 9.14. The molecular formula is C15H21N3. The summed E-state index contributed by atoms with van der Waals surface area (Å²) >= 11 is 0. The van der Waals surface area contributed by atoms with Crippen molar-refractivity contribution in [2.45, 2.75) is 26.3 Å². The predicted molar refractivity (Wildman–Crippen MR) is 74.7 cm³/mol. The summed E-state index contributed by atoms with van der Waals surface area (Å²) in [5.41, 5.74) is 2.09. The number of nitriles is 1. The summed E-state index contributed by atoms with van der Waals surface area (Å²) in [5.74, 6) is 0. The number of piperazine rings is 1. The van der Waals surface area contributed by atoms with Gasteiger partial charge in [-0.05, 0) is 32.9 Å². The fourth-order valence-electron chi connectivity index (χ4n) is 2.46. The Morgan fingerprint density at radius 3 is 2.22 bits per heavy atom. The smallest absolute Gasteiger partial charge is 0.101 e. The average molecular weight is 243 g/mol. The van der Waals surface area contributed by atoms with Gasteiger partial charge in [-0.3, -0.25) is 4.90 Å². The number of nitrogens with zero attached hydrogens (tertiary/aromatic N) is 3. The Kier molecular flexibility index (Phi) is 3.58. The van der Waals surface area contributed by atoms with Gasteiger partial charge in [0.1, 0.15) is 6.07 Å². The lowest BCUT2D eigenvalue weighted by Crippen LogP contribution is -2.53. The van der Waals surface area contributed by atoms with Crippen molar-refractivity contribution in [3.8, 4) is 6.07 Å². The molecule has 1 aliphatic rings. The van der Waals surface area contributed by atoms with Crippen molar-refractivity contribution in [3.05, 3.63) is 29.8 Å². The van der Waals surface area contributed by atoms with E-state index in [1.54, 1.807) is 0 Å². The zero-order valence-corrected chi connectivity index (χ0v) is 11.5. The average Bonchev–Trinajstić information content (AvgIpc) is 2.38. The molecule has 0 amide bonds. The van der Waals surface area contributed by atoms with Gasteiger partial charge in [0, 0.05) is 31.7 Å². The first kappa shape index (κ1) is 12.9. The number of hydrogen-bond acceptors (Lipinski definition) is 3. The van der Waals surface area contributed by atoms with Crippen LogP contribution in [-0.2, 0) is 0 Å². The lowest BCUT2D eigenvalue weighted by Gasteiger charge is -2.43. The molecule has 1 heterocycles. The summed E-state index contributed by atoms with van der Waals surface area (Å²) in [6.07, 6.45) is 0. The van der Waals surface area contributed by atoms with Crippen LogP contribution in [0.4, 0.5) is 5.69 Å². The maximum atomic E-state index is 9.14. The highest BCUT2D eigenvalue weighted by molar-refractivity contribution is 5.59. The Morgan fingerprint density at radius 1 is 1.06 bits per heavy atom. The summed E-state index contributed by atoms with van der Waals surface area (Å²) in [6, 6.07) is 10.2. The molecule has 1 fully saturated rings. The number of rotatable bonds is 1. The normalized spacial score (nSPS) is 17.6. The minimum absolute atomic E-state index is 0.237. The molecule has 1 aromatic rings. The van der Waals surface area contributed by atoms with E-state index in [0.29, 0.717) is 0 Å². The van der Waals surface area contributed by atoms with E-state index in [2.05, 4.69) is 36.6 Å². The number of para-hydroxylation sites is 1. The maximum Gasteiger partial charge on any atom is 0.101 e. The second-order valence-corrected chi connectivity index (χ2v) is 5.77. The Morgan fingerprint density at radius 2 is 1.67 bits per heavy atom. The standard InChI is InChI=1S/C15H21N3/c1-15(2,3)18-10-8-17(9-11-18)14-7-5-4-6-13(14)12-16/h4-7H,8-11H2,1-3H3. The van der Waals surface area contributed by atoms with Crippen LogP contribution < -0.4 is 4.90 Å². The van der Waals surface area contributed by atoms with E-state index >= 15 is 0 Å². The largest absolute Gasteiger partial charge is 0.368 e. The monoisotopic (exact) mass is 243 g/mol. The van der Waals surface area contributed by atoms with Crippen molar-refractivity contribution < 1.29 is 0 Å². The van der Waals surface area contributed by atoms with E-state index in [9.17, 15) is 0 Å². The van der Waals surface area contributed by atoms with E-state index in [4.69, 9.17) is 5.26 Å². The fourth-order valence-corrected chi connectivity index (χ4v) is 2.46. The summed E-state index contributed by atoms with van der Waals surface area (Å²) in [6.45, 7) is 10.9. The van der Waals surface area contributed by atoms with Gasteiger partial charge in [-0.25, -0.2) is 0 Å². The van der Waals surface area contributed by atoms with Crippen LogP contribution in [0.25, 0.3) is 0 Å². The van der Waals surface area contributed by atoms with Crippen molar-refractivity contribution in [2.75, 3.05) is 31.1 Å². The quantitative estimate of drug-likeness (QED) is 0.759. The molecule has 3 nitrogen and oxygen atoms in total. The van der Waals surface area contributed by atoms with Gasteiger partial charge in [-0.1, -0.05) is 12.1 Å². The molecule has 0 radical (unpaired) electrons. The Hall–Kier alpha value is -1.53. The van der Waals surface area contributed by atoms with Gasteiger partial charge >= 0.3 is 0 Å². The van der Waals surface area contributed by atoms with Gasteiger partial charge < -0.3 is 4.90 Å². The highest BCUT2D eigenvalue weighted by atomic mass is 15.3. The van der Waals surface area contributed by atoms with Gasteiger partial charge in [0.2, 0.25) is 0 Å². The van der Waals surface area contributed by atoms with E-state index in [1.165, 1.54) is 0 Å². The Bertz CT molecular complexity index is 446. The van der Waals surface area contributed by atoms with Gasteiger partial charge in [0.05, 0.1) is 11.3 Å². The van der Waals surface area contributed by atoms with Crippen LogP contribution >= 0.6 is 0 Å². The number of benzene rings is 1. The molecule has 0 atom stereocenters. The molecule has 0 saturated carbocycles. The number of anilines is 1. The summed E-state index contributed by atoms with van der Waals surface area (Å²) in [5, 5.41) is 9.14. The fraction of sp³-hybridized carbons (Fsp3) is 0.533. The molecule has 0 unspecified atom stereocenters. The van der Waals surface area contributed by atoms with Crippen LogP contribution in [0.15, 0.2) is 24.3 Å². The molecule has 0 bridgehead atoms. The molecule has 3 heteroatoms. The van der Waals surface area contributed by atoms with Gasteiger partial charge in [-0.2, -0.15) is 5.26 Å². The zero-order chi connectivity index (χ0) is 13.2. The summed E-state index contributed by atoms with van der Waals surface area (Å²) in [4.78, 5) is 4.82. The van der Waals surface area contributed by atoms with Crippen LogP contribution in [0.3, 0.4) is 0 Å². The third-order valence-electron chi connectivity index (χ3n) is 3.59. The minimum atomic E-state index is 0.237. The predicted octanol–water partition coefficient (Wildman–Crippen LogP) is 2.48. The van der Waals surface area contributed by atoms with E-state index in [0.717, 1.165) is 37.4 Å². The minimum Gasteiger partial charge on any atom is -0.368 e. The highest BCUT2D eigenvalue weighted by Crippen LogP contribution is 2.23. The van der Waals surface area contributed by atoms with Crippen molar-refractivity contribution >= 4 is 5.69 Å². The van der Waals surface area contributed by atoms with Crippen molar-refractivity contribution in [1.29, 1.82) is 5.26 Å². The Balaban J connectivity index is 2.09. The SMILES string of the molecule is CC(C)(C)N1CCN(c2ccccc2C#N)CC1. The number of hydrogen-bond donors (Lipinski definition) is 0. The molecule has 96 valence electrons. The first-order chi connectivity index (χ1) is 8.52. The van der Waals surface area contributed by atoms with Crippen LogP contribution in [0, 0.1) is 11.3 Å². The first-order valence-corrected chi connectivity index (χ1v) is 6.51. The van der Waals surface area contributed by atoms with Crippen molar-refractivity contribution in [2.24, 2.45) is 0 Å². The van der Waals surface area contributed by atoms with Crippen LogP contribution in [0.5, 0.6) is 0 Å². The second kappa shape index (κ2) is 4.99. The summed E-state index contributed by atoms with van der Waals surface area (Å²) < 4.78 is 0. The summed E-state index contributed by atoms with van der Waals surface area (Å²) in [7, 11) is 0. The van der Waals surface area contributed by atoms with Crippen LogP contribution in [0.2, 0.25) is 0 Å². The molecular weight excluding hydrogens is 222 g/mol. The van der Waals surface area contributed by atoms with Gasteiger partial charge in [0.25, 0.3) is 0 Å². The molecule has 0 spiro atoms. The Labute approximate surface area is 110 Å². The van der Waals surface area contributed by atoms with Gasteiger partial charge in [0.15, 0.2) is 0 Å². The lowest BCUT2D eigenvalue weighted by molar-refractivity contribution is 0.128. The first-order valence-electron chi connectivity index (χ1n) is 6.51. The molecule has 1 aromatic carbocycles. The van der Waals surface area contributed by atoms with E-state index < -0.39 is 0 Å². The highest BCUT2D eigenvalue weighted by Gasteiger charge is 2.26. The zero-order valence-electron chi connectivity index (χ0n) is 11.5. The molecule has 1 saturated heterocycles. The van der Waals surface area contributed by atoms with Crippen LogP contribution in [-0.4, -0.2) is 36.6 Å². The van der Waals surface area contributed by atoms with E-state index in [1.807, 2.05) is 24.3 Å². The molecule has 18 heavy (non-hydrogen) atoms. The molecule has 1 aliphatic heterocycles. The molecule has 0 aromatic heterocycles. The van der Waals surface area contributed by atoms with Crippen molar-refractivity contribution in [1.82, 2.24) is 4.90 Å². The second-order valence-electron chi connectivity index (χ2n) is 5.77. The molecule has 0 N–H and O–H groups in total. The molecule has 2 rings (SSSR count).